The zero-order chi connectivity index (χ0) is 17.2. The molecule has 128 valence electrons. The van der Waals surface area contributed by atoms with E-state index in [2.05, 4.69) is 10.3 Å². The van der Waals surface area contributed by atoms with Gasteiger partial charge >= 0.3 is 0 Å². The summed E-state index contributed by atoms with van der Waals surface area (Å²) < 4.78 is 0. The molecule has 0 unspecified atom stereocenters. The molecule has 1 N–H and O–H groups in total. The second kappa shape index (κ2) is 6.67. The second-order valence-electron chi connectivity index (χ2n) is 6.90. The lowest BCUT2D eigenvalue weighted by Crippen LogP contribution is -2.25. The van der Waals surface area contributed by atoms with Crippen molar-refractivity contribution in [1.29, 1.82) is 0 Å². The first-order valence-corrected chi connectivity index (χ1v) is 8.80. The van der Waals surface area contributed by atoms with Gasteiger partial charge in [-0.3, -0.25) is 14.6 Å². The summed E-state index contributed by atoms with van der Waals surface area (Å²) >= 11 is 0. The fourth-order valence-corrected chi connectivity index (χ4v) is 3.30. The summed E-state index contributed by atoms with van der Waals surface area (Å²) in [6.45, 7) is 0.697. The van der Waals surface area contributed by atoms with E-state index in [1.165, 1.54) is 0 Å². The Morgan fingerprint density at radius 2 is 2.00 bits per heavy atom. The second-order valence-corrected chi connectivity index (χ2v) is 6.90. The number of carbonyl (C=O) groups excluding carboxylic acids is 2. The number of para-hydroxylation sites is 1. The predicted octanol–water partition coefficient (Wildman–Crippen LogP) is 2.57. The van der Waals surface area contributed by atoms with E-state index in [9.17, 15) is 9.59 Å². The summed E-state index contributed by atoms with van der Waals surface area (Å²) in [6, 6.07) is 13.7. The first-order chi connectivity index (χ1) is 12.2. The lowest BCUT2D eigenvalue weighted by molar-refractivity contribution is -0.117. The summed E-state index contributed by atoms with van der Waals surface area (Å²) in [5.41, 5.74) is 2.47. The number of benzene rings is 1. The van der Waals surface area contributed by atoms with Crippen molar-refractivity contribution < 1.29 is 9.59 Å². The van der Waals surface area contributed by atoms with Gasteiger partial charge in [0.1, 0.15) is 0 Å². The maximum atomic E-state index is 12.3. The SMILES string of the molecule is O=C(NC1CC1)c1ccnc(C[C@H]2CC(=O)N(c3ccccc3)C2)c1. The largest absolute Gasteiger partial charge is 0.349 e. The van der Waals surface area contributed by atoms with Gasteiger partial charge < -0.3 is 10.2 Å². The number of nitrogens with one attached hydrogen (secondary N) is 1. The van der Waals surface area contributed by atoms with Crippen molar-refractivity contribution in [2.45, 2.75) is 31.7 Å². The van der Waals surface area contributed by atoms with Crippen LogP contribution < -0.4 is 10.2 Å². The number of amides is 2. The minimum Gasteiger partial charge on any atom is -0.349 e. The highest BCUT2D eigenvalue weighted by atomic mass is 16.2. The van der Waals surface area contributed by atoms with E-state index in [1.54, 1.807) is 12.3 Å². The summed E-state index contributed by atoms with van der Waals surface area (Å²) in [5, 5.41) is 3.00. The predicted molar refractivity (Wildman–Crippen MR) is 95.3 cm³/mol. The topological polar surface area (TPSA) is 62.3 Å². The highest BCUT2D eigenvalue weighted by Crippen LogP contribution is 2.27. The zero-order valence-corrected chi connectivity index (χ0v) is 14.0. The van der Waals surface area contributed by atoms with E-state index < -0.39 is 0 Å². The van der Waals surface area contributed by atoms with Crippen molar-refractivity contribution in [3.8, 4) is 0 Å². The lowest BCUT2D eigenvalue weighted by atomic mass is 10.0. The van der Waals surface area contributed by atoms with Crippen LogP contribution in [0, 0.1) is 5.92 Å². The molecular formula is C20H21N3O2. The molecule has 2 fully saturated rings. The smallest absolute Gasteiger partial charge is 0.251 e. The minimum absolute atomic E-state index is 0.0282. The molecule has 1 aliphatic carbocycles. The molecule has 25 heavy (non-hydrogen) atoms. The summed E-state index contributed by atoms with van der Waals surface area (Å²) in [7, 11) is 0. The van der Waals surface area contributed by atoms with Gasteiger partial charge in [0, 0.05) is 42.1 Å². The Bertz CT molecular complexity index is 787. The average Bonchev–Trinajstić information content (AvgIpc) is 3.37. The molecule has 1 aliphatic heterocycles. The molecule has 5 nitrogen and oxygen atoms in total. The van der Waals surface area contributed by atoms with Gasteiger partial charge in [0.2, 0.25) is 5.91 Å². The molecule has 5 heteroatoms. The molecule has 0 spiro atoms. The van der Waals surface area contributed by atoms with Crippen molar-refractivity contribution in [1.82, 2.24) is 10.3 Å². The quantitative estimate of drug-likeness (QED) is 0.913. The van der Waals surface area contributed by atoms with E-state index in [-0.39, 0.29) is 17.7 Å². The maximum Gasteiger partial charge on any atom is 0.251 e. The monoisotopic (exact) mass is 335 g/mol. The Labute approximate surface area is 147 Å². The highest BCUT2D eigenvalue weighted by molar-refractivity contribution is 5.96. The van der Waals surface area contributed by atoms with Crippen LogP contribution in [0.15, 0.2) is 48.7 Å². The van der Waals surface area contributed by atoms with Crippen molar-refractivity contribution in [3.05, 3.63) is 59.9 Å². The number of aromatic nitrogens is 1. The third-order valence-electron chi connectivity index (χ3n) is 4.76. The van der Waals surface area contributed by atoms with Gasteiger partial charge in [-0.25, -0.2) is 0 Å². The van der Waals surface area contributed by atoms with Crippen LogP contribution in [-0.4, -0.2) is 29.4 Å². The van der Waals surface area contributed by atoms with Crippen LogP contribution in [0.2, 0.25) is 0 Å². The van der Waals surface area contributed by atoms with Crippen LogP contribution in [0.5, 0.6) is 0 Å². The first-order valence-electron chi connectivity index (χ1n) is 8.80. The molecule has 1 atom stereocenters. The fraction of sp³-hybridized carbons (Fsp3) is 0.350. The van der Waals surface area contributed by atoms with E-state index in [0.29, 0.717) is 31.0 Å². The van der Waals surface area contributed by atoms with Gasteiger partial charge in [0.25, 0.3) is 5.91 Å². The normalized spacial score (nSPS) is 19.9. The third-order valence-corrected chi connectivity index (χ3v) is 4.76. The van der Waals surface area contributed by atoms with Crippen LogP contribution in [0.1, 0.15) is 35.3 Å². The van der Waals surface area contributed by atoms with Crippen molar-refractivity contribution in [3.63, 3.8) is 0 Å². The van der Waals surface area contributed by atoms with Crippen molar-refractivity contribution >= 4 is 17.5 Å². The molecule has 0 radical (unpaired) electrons. The summed E-state index contributed by atoms with van der Waals surface area (Å²) in [4.78, 5) is 30.7. The average molecular weight is 335 g/mol. The zero-order valence-electron chi connectivity index (χ0n) is 14.0. The molecule has 1 saturated heterocycles. The molecule has 2 aromatic rings. The van der Waals surface area contributed by atoms with Gasteiger partial charge in [-0.05, 0) is 49.4 Å². The van der Waals surface area contributed by atoms with Crippen molar-refractivity contribution in [2.24, 2.45) is 5.92 Å². The van der Waals surface area contributed by atoms with Crippen LogP contribution >= 0.6 is 0 Å². The Kier molecular flexibility index (Phi) is 4.22. The van der Waals surface area contributed by atoms with Crippen LogP contribution in [0.25, 0.3) is 0 Å². The molecule has 1 aromatic heterocycles. The highest BCUT2D eigenvalue weighted by Gasteiger charge is 2.31. The van der Waals surface area contributed by atoms with Crippen LogP contribution in [-0.2, 0) is 11.2 Å². The van der Waals surface area contributed by atoms with Gasteiger partial charge in [0.15, 0.2) is 0 Å². The Balaban J connectivity index is 1.42. The Hall–Kier alpha value is -2.69. The van der Waals surface area contributed by atoms with Gasteiger partial charge in [-0.2, -0.15) is 0 Å². The number of rotatable bonds is 5. The summed E-state index contributed by atoms with van der Waals surface area (Å²) in [5.74, 6) is 0.348. The Morgan fingerprint density at radius 3 is 2.76 bits per heavy atom. The van der Waals surface area contributed by atoms with Crippen LogP contribution in [0.4, 0.5) is 5.69 Å². The molecular weight excluding hydrogens is 314 g/mol. The number of carbonyl (C=O) groups is 2. The number of hydrogen-bond acceptors (Lipinski definition) is 3. The van der Waals surface area contributed by atoms with E-state index in [0.717, 1.165) is 24.2 Å². The number of nitrogens with zero attached hydrogens (tertiary/aromatic N) is 2. The molecule has 1 saturated carbocycles. The standard InChI is InChI=1S/C20H21N3O2/c24-19-11-14(13-23(19)18-4-2-1-3-5-18)10-17-12-15(8-9-21-17)20(25)22-16-6-7-16/h1-5,8-9,12,14,16H,6-7,10-11,13H2,(H,22,25)/t14-/m0/s1. The first kappa shape index (κ1) is 15.8. The molecule has 2 aliphatic rings. The summed E-state index contributed by atoms with van der Waals surface area (Å²) in [6.07, 6.45) is 5.06. The lowest BCUT2D eigenvalue weighted by Gasteiger charge is -2.16. The Morgan fingerprint density at radius 1 is 1.20 bits per heavy atom. The van der Waals surface area contributed by atoms with E-state index in [1.807, 2.05) is 41.3 Å². The number of pyridine rings is 1. The van der Waals surface area contributed by atoms with Gasteiger partial charge in [0.05, 0.1) is 0 Å². The molecule has 2 heterocycles. The van der Waals surface area contributed by atoms with Crippen molar-refractivity contribution in [2.75, 3.05) is 11.4 Å². The number of anilines is 1. The molecule has 1 aromatic carbocycles. The van der Waals surface area contributed by atoms with E-state index in [4.69, 9.17) is 0 Å². The molecule has 0 bridgehead atoms. The number of hydrogen-bond donors (Lipinski definition) is 1. The van der Waals surface area contributed by atoms with E-state index >= 15 is 0 Å². The van der Waals surface area contributed by atoms with Crippen LogP contribution in [0.3, 0.4) is 0 Å². The van der Waals surface area contributed by atoms with Gasteiger partial charge in [-0.1, -0.05) is 18.2 Å². The maximum absolute atomic E-state index is 12.3. The molecule has 4 rings (SSSR count). The fourth-order valence-electron chi connectivity index (χ4n) is 3.30. The third kappa shape index (κ3) is 3.71. The molecule has 2 amide bonds. The minimum atomic E-state index is -0.0282. The van der Waals surface area contributed by atoms with Gasteiger partial charge in [-0.15, -0.1) is 0 Å².